The van der Waals surface area contributed by atoms with Crippen LogP contribution in [0.15, 0.2) is 24.3 Å². The molecule has 0 spiro atoms. The lowest BCUT2D eigenvalue weighted by Crippen LogP contribution is -2.39. The third kappa shape index (κ3) is 4.59. The van der Waals surface area contributed by atoms with Crippen molar-refractivity contribution in [2.24, 2.45) is 5.92 Å². The molecule has 2 heterocycles. The van der Waals surface area contributed by atoms with Crippen LogP contribution in [0, 0.1) is 5.92 Å². The first-order valence-corrected chi connectivity index (χ1v) is 9.07. The molecule has 2 aliphatic heterocycles. The van der Waals surface area contributed by atoms with Gasteiger partial charge in [-0.25, -0.2) is 0 Å². The second-order valence-electron chi connectivity index (χ2n) is 6.79. The van der Waals surface area contributed by atoms with Gasteiger partial charge in [0.1, 0.15) is 0 Å². The van der Waals surface area contributed by atoms with E-state index in [2.05, 4.69) is 10.6 Å². The molecule has 0 aromatic heterocycles. The third-order valence-electron chi connectivity index (χ3n) is 4.91. The number of nitrogens with zero attached hydrogens (tertiary/aromatic N) is 1. The summed E-state index contributed by atoms with van der Waals surface area (Å²) < 4.78 is 0. The van der Waals surface area contributed by atoms with Gasteiger partial charge in [-0.05, 0) is 37.3 Å². The summed E-state index contributed by atoms with van der Waals surface area (Å²) in [6.45, 7) is 1.99. The molecule has 134 valence electrons. The molecule has 6 nitrogen and oxygen atoms in total. The Morgan fingerprint density at radius 1 is 1.16 bits per heavy atom. The molecule has 2 N–H and O–H groups in total. The molecular formula is C19H25N3O3. The Hall–Kier alpha value is -2.37. The van der Waals surface area contributed by atoms with Crippen LogP contribution >= 0.6 is 0 Å². The van der Waals surface area contributed by atoms with E-state index >= 15 is 0 Å². The second-order valence-corrected chi connectivity index (χ2v) is 6.79. The van der Waals surface area contributed by atoms with Crippen LogP contribution < -0.4 is 10.6 Å². The molecule has 1 fully saturated rings. The molecule has 0 bridgehead atoms. The van der Waals surface area contributed by atoms with Crippen LogP contribution in [0.5, 0.6) is 0 Å². The van der Waals surface area contributed by atoms with Crippen molar-refractivity contribution in [2.75, 3.05) is 25.0 Å². The van der Waals surface area contributed by atoms with Crippen molar-refractivity contribution in [1.82, 2.24) is 10.2 Å². The smallest absolute Gasteiger partial charge is 0.228 e. The number of benzene rings is 1. The molecular weight excluding hydrogens is 318 g/mol. The van der Waals surface area contributed by atoms with E-state index in [0.717, 1.165) is 37.2 Å². The van der Waals surface area contributed by atoms with E-state index < -0.39 is 0 Å². The maximum atomic E-state index is 12.1. The van der Waals surface area contributed by atoms with Crippen LogP contribution in [0.4, 0.5) is 5.69 Å². The van der Waals surface area contributed by atoms with Crippen molar-refractivity contribution in [3.63, 3.8) is 0 Å². The Morgan fingerprint density at radius 2 is 1.92 bits per heavy atom. The first-order chi connectivity index (χ1) is 12.1. The number of anilines is 1. The zero-order chi connectivity index (χ0) is 17.6. The summed E-state index contributed by atoms with van der Waals surface area (Å²) >= 11 is 0. The largest absolute Gasteiger partial charge is 0.356 e. The number of fused-ring (bicyclic) bond motifs is 1. The highest BCUT2D eigenvalue weighted by Crippen LogP contribution is 2.26. The van der Waals surface area contributed by atoms with Gasteiger partial charge in [-0.1, -0.05) is 18.2 Å². The number of carbonyl (C=O) groups excluding carboxylic acids is 3. The summed E-state index contributed by atoms with van der Waals surface area (Å²) in [4.78, 5) is 38.2. The highest BCUT2D eigenvalue weighted by Gasteiger charge is 2.27. The summed E-state index contributed by atoms with van der Waals surface area (Å²) in [5, 5.41) is 5.63. The average molecular weight is 343 g/mol. The molecule has 25 heavy (non-hydrogen) atoms. The highest BCUT2D eigenvalue weighted by molar-refractivity contribution is 5.98. The summed E-state index contributed by atoms with van der Waals surface area (Å²) in [6, 6.07) is 7.65. The lowest BCUT2D eigenvalue weighted by Gasteiger charge is -2.27. The van der Waals surface area contributed by atoms with E-state index in [-0.39, 0.29) is 30.1 Å². The van der Waals surface area contributed by atoms with Crippen LogP contribution in [-0.2, 0) is 20.8 Å². The van der Waals surface area contributed by atoms with Crippen molar-refractivity contribution in [3.8, 4) is 0 Å². The van der Waals surface area contributed by atoms with E-state index in [0.29, 0.717) is 19.4 Å². The molecule has 1 atom stereocenters. The van der Waals surface area contributed by atoms with E-state index in [1.165, 1.54) is 6.42 Å². The minimum atomic E-state index is -0.354. The second kappa shape index (κ2) is 8.14. The normalized spacial score (nSPS) is 19.8. The number of nitrogens with one attached hydrogen (secondary N) is 2. The third-order valence-corrected chi connectivity index (χ3v) is 4.91. The van der Waals surface area contributed by atoms with Gasteiger partial charge in [0.2, 0.25) is 17.7 Å². The number of amides is 3. The average Bonchev–Trinajstić information content (AvgIpc) is 2.63. The van der Waals surface area contributed by atoms with Gasteiger partial charge in [-0.3, -0.25) is 14.4 Å². The van der Waals surface area contributed by atoms with Crippen LogP contribution in [0.1, 0.15) is 37.7 Å². The van der Waals surface area contributed by atoms with E-state index in [1.807, 2.05) is 29.2 Å². The Labute approximate surface area is 148 Å². The van der Waals surface area contributed by atoms with Crippen molar-refractivity contribution in [1.29, 1.82) is 0 Å². The van der Waals surface area contributed by atoms with Crippen molar-refractivity contribution in [3.05, 3.63) is 29.8 Å². The molecule has 6 heteroatoms. The minimum Gasteiger partial charge on any atom is -0.356 e. The molecule has 3 amide bonds. The van der Waals surface area contributed by atoms with Crippen LogP contribution in [0.3, 0.4) is 0 Å². The summed E-state index contributed by atoms with van der Waals surface area (Å²) in [6.07, 6.45) is 4.37. The maximum Gasteiger partial charge on any atom is 0.228 e. The Morgan fingerprint density at radius 3 is 2.72 bits per heavy atom. The fourth-order valence-corrected chi connectivity index (χ4v) is 3.48. The number of piperidine rings is 1. The highest BCUT2D eigenvalue weighted by atomic mass is 16.2. The Bertz CT molecular complexity index is 653. The Kier molecular flexibility index (Phi) is 5.68. The van der Waals surface area contributed by atoms with E-state index in [1.54, 1.807) is 0 Å². The van der Waals surface area contributed by atoms with Gasteiger partial charge >= 0.3 is 0 Å². The first-order valence-electron chi connectivity index (χ1n) is 9.07. The van der Waals surface area contributed by atoms with Crippen LogP contribution in [-0.4, -0.2) is 42.3 Å². The molecule has 2 aliphatic rings. The lowest BCUT2D eigenvalue weighted by atomic mass is 9.90. The molecule has 0 saturated carbocycles. The maximum absolute atomic E-state index is 12.1. The van der Waals surface area contributed by atoms with Gasteiger partial charge in [0.25, 0.3) is 0 Å². The predicted molar refractivity (Wildman–Crippen MR) is 94.9 cm³/mol. The van der Waals surface area contributed by atoms with Gasteiger partial charge in [0, 0.05) is 38.2 Å². The van der Waals surface area contributed by atoms with Gasteiger partial charge < -0.3 is 15.5 Å². The molecule has 1 saturated heterocycles. The molecule has 0 radical (unpaired) electrons. The molecule has 0 aliphatic carbocycles. The number of carbonyl (C=O) groups is 3. The monoisotopic (exact) mass is 343 g/mol. The van der Waals surface area contributed by atoms with Gasteiger partial charge in [0.05, 0.1) is 5.92 Å². The van der Waals surface area contributed by atoms with E-state index in [9.17, 15) is 14.4 Å². The number of hydrogen-bond donors (Lipinski definition) is 2. The first kappa shape index (κ1) is 17.5. The summed E-state index contributed by atoms with van der Waals surface area (Å²) in [7, 11) is 0. The van der Waals surface area contributed by atoms with Crippen LogP contribution in [0.2, 0.25) is 0 Å². The zero-order valence-corrected chi connectivity index (χ0v) is 14.4. The molecule has 1 aromatic rings. The topological polar surface area (TPSA) is 78.5 Å². The SMILES string of the molecule is O=C(CC1Cc2ccccc2NC1=O)NCCC(=O)N1CCCCC1. The number of likely N-dealkylation sites (tertiary alicyclic amines) is 1. The van der Waals surface area contributed by atoms with E-state index in [4.69, 9.17) is 0 Å². The Balaban J connectivity index is 1.42. The number of hydrogen-bond acceptors (Lipinski definition) is 3. The van der Waals surface area contributed by atoms with Gasteiger partial charge in [-0.15, -0.1) is 0 Å². The fourth-order valence-electron chi connectivity index (χ4n) is 3.48. The number of para-hydroxylation sites is 1. The number of rotatable bonds is 5. The minimum absolute atomic E-state index is 0.101. The summed E-state index contributed by atoms with van der Waals surface area (Å²) in [5.41, 5.74) is 1.89. The summed E-state index contributed by atoms with van der Waals surface area (Å²) in [5.74, 6) is -0.541. The lowest BCUT2D eigenvalue weighted by molar-refractivity contribution is -0.132. The van der Waals surface area contributed by atoms with Gasteiger partial charge in [0.15, 0.2) is 0 Å². The van der Waals surface area contributed by atoms with Gasteiger partial charge in [-0.2, -0.15) is 0 Å². The van der Waals surface area contributed by atoms with Crippen molar-refractivity contribution < 1.29 is 14.4 Å². The quantitative estimate of drug-likeness (QED) is 0.854. The molecule has 1 aromatic carbocycles. The van der Waals surface area contributed by atoms with Crippen molar-refractivity contribution in [2.45, 2.75) is 38.5 Å². The predicted octanol–water partition coefficient (Wildman–Crippen LogP) is 1.71. The zero-order valence-electron chi connectivity index (χ0n) is 14.4. The fraction of sp³-hybridized carbons (Fsp3) is 0.526. The van der Waals surface area contributed by atoms with Crippen LogP contribution in [0.25, 0.3) is 0 Å². The molecule has 3 rings (SSSR count). The standard InChI is InChI=1S/C19H25N3O3/c23-17(20-9-8-18(24)22-10-4-1-5-11-22)13-15-12-14-6-2-3-7-16(14)21-19(15)25/h2-3,6-7,15H,1,4-5,8-13H2,(H,20,23)(H,21,25). The molecule has 1 unspecified atom stereocenters. The van der Waals surface area contributed by atoms with Crippen molar-refractivity contribution >= 4 is 23.4 Å².